The lowest BCUT2D eigenvalue weighted by atomic mass is 10.3. The summed E-state index contributed by atoms with van der Waals surface area (Å²) in [6, 6.07) is 1.12. The van der Waals surface area contributed by atoms with Gasteiger partial charge < -0.3 is 5.32 Å². The smallest absolute Gasteiger partial charge is 0.291 e. The molecule has 0 heterocycles. The van der Waals surface area contributed by atoms with Crippen LogP contribution in [0.15, 0.2) is 12.1 Å². The minimum absolute atomic E-state index is 0.0655. The van der Waals surface area contributed by atoms with Crippen molar-refractivity contribution in [3.8, 4) is 0 Å². The largest absolute Gasteiger partial charge is 0.325 e. The van der Waals surface area contributed by atoms with Gasteiger partial charge in [0.1, 0.15) is 0 Å². The number of nitrogens with one attached hydrogen (secondary N) is 1. The first kappa shape index (κ1) is 14.7. The van der Waals surface area contributed by atoms with Gasteiger partial charge in [0.25, 0.3) is 5.25 Å². The Balaban J connectivity index is 2.65. The number of benzene rings is 1. The van der Waals surface area contributed by atoms with Gasteiger partial charge in [-0.15, -0.1) is 0 Å². The van der Waals surface area contributed by atoms with E-state index in [4.69, 9.17) is 0 Å². The van der Waals surface area contributed by atoms with Gasteiger partial charge in [-0.1, -0.05) is 11.8 Å². The van der Waals surface area contributed by atoms with Crippen molar-refractivity contribution in [2.24, 2.45) is 0 Å². The van der Waals surface area contributed by atoms with Crippen LogP contribution in [0.25, 0.3) is 0 Å². The number of thioether (sulfide) groups is 1. The van der Waals surface area contributed by atoms with Gasteiger partial charge in [-0.25, -0.2) is 13.2 Å². The predicted octanol–water partition coefficient (Wildman–Crippen LogP) is 3.39. The van der Waals surface area contributed by atoms with E-state index in [2.05, 4.69) is 0 Å². The zero-order chi connectivity index (χ0) is 13.9. The van der Waals surface area contributed by atoms with Gasteiger partial charge in [0, 0.05) is 24.7 Å². The van der Waals surface area contributed by atoms with Crippen LogP contribution in [0.2, 0.25) is 0 Å². The Morgan fingerprint density at radius 3 is 2.22 bits per heavy atom. The van der Waals surface area contributed by atoms with E-state index >= 15 is 0 Å². The number of halogens is 5. The zero-order valence-corrected chi connectivity index (χ0v) is 9.88. The molecular weight excluding hydrogens is 277 g/mol. The molecule has 8 heteroatoms. The molecule has 0 spiro atoms. The second kappa shape index (κ2) is 5.55. The second-order valence-corrected chi connectivity index (χ2v) is 4.69. The quantitative estimate of drug-likeness (QED) is 0.678. The van der Waals surface area contributed by atoms with E-state index in [1.54, 1.807) is 0 Å². The number of amides is 1. The Hall–Kier alpha value is -1.31. The minimum atomic E-state index is -3.09. The van der Waals surface area contributed by atoms with E-state index in [1.807, 2.05) is 5.32 Å². The van der Waals surface area contributed by atoms with Gasteiger partial charge in [-0.05, 0) is 0 Å². The van der Waals surface area contributed by atoms with Crippen molar-refractivity contribution in [3.63, 3.8) is 0 Å². The molecule has 1 rings (SSSR count). The standard InChI is InChI=1S/C10H8F5NOS/c1-10(14,15)18-4-8(17)16-5-2-6(11)9(13)7(12)3-5/h2-3H,4H2,1H3,(H,16,17). The number of carbonyl (C=O) groups is 1. The molecule has 0 fully saturated rings. The molecule has 1 N–H and O–H groups in total. The zero-order valence-electron chi connectivity index (χ0n) is 9.07. The highest BCUT2D eigenvalue weighted by Crippen LogP contribution is 2.27. The van der Waals surface area contributed by atoms with Crippen molar-refractivity contribution < 1.29 is 26.7 Å². The Kier molecular flexibility index (Phi) is 4.55. The maximum atomic E-state index is 12.8. The number of alkyl halides is 2. The molecule has 0 radical (unpaired) electrons. The van der Waals surface area contributed by atoms with Crippen LogP contribution in [0.5, 0.6) is 0 Å². The fourth-order valence-corrected chi connectivity index (χ4v) is 1.47. The molecule has 0 aliphatic heterocycles. The number of hydrogen-bond acceptors (Lipinski definition) is 2. The molecule has 1 aromatic carbocycles. The molecular formula is C10H8F5NOS. The normalized spacial score (nSPS) is 11.4. The molecule has 0 aliphatic rings. The summed E-state index contributed by atoms with van der Waals surface area (Å²) in [6.07, 6.45) is 0. The van der Waals surface area contributed by atoms with Crippen LogP contribution in [-0.4, -0.2) is 16.9 Å². The maximum absolute atomic E-state index is 12.8. The van der Waals surface area contributed by atoms with Gasteiger partial charge in [-0.3, -0.25) is 4.79 Å². The van der Waals surface area contributed by atoms with Crippen molar-refractivity contribution in [3.05, 3.63) is 29.6 Å². The molecule has 1 aromatic rings. The lowest BCUT2D eigenvalue weighted by molar-refractivity contribution is -0.113. The topological polar surface area (TPSA) is 29.1 Å². The van der Waals surface area contributed by atoms with E-state index in [0.29, 0.717) is 19.1 Å². The molecule has 0 unspecified atom stereocenters. The molecule has 2 nitrogen and oxygen atoms in total. The molecule has 0 aromatic heterocycles. The number of hydrogen-bond donors (Lipinski definition) is 1. The minimum Gasteiger partial charge on any atom is -0.325 e. The van der Waals surface area contributed by atoms with Crippen molar-refractivity contribution in [1.82, 2.24) is 0 Å². The molecule has 0 bridgehead atoms. The SMILES string of the molecule is CC(F)(F)SCC(=O)Nc1cc(F)c(F)c(F)c1. The monoisotopic (exact) mass is 285 g/mol. The average molecular weight is 285 g/mol. The predicted molar refractivity (Wildman–Crippen MR) is 58.0 cm³/mol. The molecule has 0 atom stereocenters. The fraction of sp³-hybridized carbons (Fsp3) is 0.300. The van der Waals surface area contributed by atoms with Crippen LogP contribution in [0.3, 0.4) is 0 Å². The Morgan fingerprint density at radius 1 is 1.28 bits per heavy atom. The van der Waals surface area contributed by atoms with Crippen molar-refractivity contribution in [2.45, 2.75) is 12.2 Å². The van der Waals surface area contributed by atoms with E-state index in [-0.39, 0.29) is 17.4 Å². The molecule has 0 aliphatic carbocycles. The Labute approximate surface area is 104 Å². The Bertz CT molecular complexity index is 437. The van der Waals surface area contributed by atoms with Gasteiger partial charge in [0.05, 0.1) is 5.75 Å². The van der Waals surface area contributed by atoms with E-state index in [9.17, 15) is 26.7 Å². The van der Waals surface area contributed by atoms with Crippen molar-refractivity contribution in [2.75, 3.05) is 11.1 Å². The van der Waals surface area contributed by atoms with Crippen molar-refractivity contribution in [1.29, 1.82) is 0 Å². The fourth-order valence-electron chi connectivity index (χ4n) is 1.02. The third-order valence-corrected chi connectivity index (χ3v) is 2.64. The van der Waals surface area contributed by atoms with Gasteiger partial charge in [-0.2, -0.15) is 8.78 Å². The summed E-state index contributed by atoms with van der Waals surface area (Å²) in [6.45, 7) is 0.613. The van der Waals surface area contributed by atoms with Crippen LogP contribution in [0, 0.1) is 17.5 Å². The van der Waals surface area contributed by atoms with Crippen LogP contribution < -0.4 is 5.32 Å². The summed E-state index contributed by atoms with van der Waals surface area (Å²) in [5, 5.41) is -1.10. The molecule has 0 saturated heterocycles. The lowest BCUT2D eigenvalue weighted by Gasteiger charge is -2.10. The number of anilines is 1. The van der Waals surface area contributed by atoms with Crippen LogP contribution >= 0.6 is 11.8 Å². The van der Waals surface area contributed by atoms with Crippen LogP contribution in [0.4, 0.5) is 27.6 Å². The first-order valence-corrected chi connectivity index (χ1v) is 5.64. The summed E-state index contributed by atoms with van der Waals surface area (Å²) in [5.41, 5.74) is -0.337. The molecule has 18 heavy (non-hydrogen) atoms. The highest BCUT2D eigenvalue weighted by atomic mass is 32.2. The summed E-state index contributed by atoms with van der Waals surface area (Å²) in [4.78, 5) is 11.2. The summed E-state index contributed by atoms with van der Waals surface area (Å²) in [5.74, 6) is -6.07. The van der Waals surface area contributed by atoms with E-state index in [0.717, 1.165) is 0 Å². The first-order valence-electron chi connectivity index (χ1n) is 4.65. The van der Waals surface area contributed by atoms with E-state index < -0.39 is 34.4 Å². The average Bonchev–Trinajstić information content (AvgIpc) is 2.22. The third-order valence-electron chi connectivity index (χ3n) is 1.72. The van der Waals surface area contributed by atoms with Gasteiger partial charge in [0.15, 0.2) is 17.5 Å². The maximum Gasteiger partial charge on any atom is 0.291 e. The van der Waals surface area contributed by atoms with Gasteiger partial charge in [0.2, 0.25) is 5.91 Å². The lowest BCUT2D eigenvalue weighted by Crippen LogP contribution is -2.18. The van der Waals surface area contributed by atoms with Crippen LogP contribution in [-0.2, 0) is 4.79 Å². The summed E-state index contributed by atoms with van der Waals surface area (Å²) < 4.78 is 63.0. The first-order chi connectivity index (χ1) is 8.19. The molecule has 1 amide bonds. The second-order valence-electron chi connectivity index (χ2n) is 3.40. The van der Waals surface area contributed by atoms with E-state index in [1.165, 1.54) is 0 Å². The highest BCUT2D eigenvalue weighted by Gasteiger charge is 2.23. The number of rotatable bonds is 4. The summed E-state index contributed by atoms with van der Waals surface area (Å²) in [7, 11) is 0. The highest BCUT2D eigenvalue weighted by molar-refractivity contribution is 8.00. The van der Waals surface area contributed by atoms with Gasteiger partial charge >= 0.3 is 0 Å². The molecule has 0 saturated carbocycles. The third kappa shape index (κ3) is 4.52. The summed E-state index contributed by atoms with van der Waals surface area (Å²) >= 11 is 0.0655. The number of carbonyl (C=O) groups excluding carboxylic acids is 1. The van der Waals surface area contributed by atoms with Crippen LogP contribution in [0.1, 0.15) is 6.92 Å². The van der Waals surface area contributed by atoms with Crippen molar-refractivity contribution >= 4 is 23.4 Å². The molecule has 100 valence electrons. The Morgan fingerprint density at radius 2 is 1.78 bits per heavy atom.